The molecule has 0 bridgehead atoms. The van der Waals surface area contributed by atoms with Crippen molar-refractivity contribution in [1.82, 2.24) is 4.98 Å². The summed E-state index contributed by atoms with van der Waals surface area (Å²) in [5, 5.41) is 0. The standard InChI is InChI=1S/C11H15NO2/c1-4-14-11(2,3)10(13)9-6-5-7-12-8-9/h5-8H,4H2,1-3H3. The number of carbonyl (C=O) groups excluding carboxylic acids is 1. The van der Waals surface area contributed by atoms with Gasteiger partial charge in [0.05, 0.1) is 0 Å². The van der Waals surface area contributed by atoms with Crippen molar-refractivity contribution in [3.05, 3.63) is 30.1 Å². The van der Waals surface area contributed by atoms with E-state index in [-0.39, 0.29) is 5.78 Å². The monoisotopic (exact) mass is 193 g/mol. The zero-order valence-electron chi connectivity index (χ0n) is 8.78. The van der Waals surface area contributed by atoms with Crippen molar-refractivity contribution in [3.8, 4) is 0 Å². The molecular weight excluding hydrogens is 178 g/mol. The van der Waals surface area contributed by atoms with Crippen LogP contribution in [0.2, 0.25) is 0 Å². The molecule has 0 spiro atoms. The molecule has 3 nitrogen and oxygen atoms in total. The summed E-state index contributed by atoms with van der Waals surface area (Å²) >= 11 is 0. The molecule has 0 aromatic carbocycles. The maximum Gasteiger partial charge on any atom is 0.195 e. The summed E-state index contributed by atoms with van der Waals surface area (Å²) in [6, 6.07) is 3.49. The first-order chi connectivity index (χ1) is 6.58. The van der Waals surface area contributed by atoms with Gasteiger partial charge in [0, 0.05) is 24.6 Å². The van der Waals surface area contributed by atoms with Gasteiger partial charge in [0.1, 0.15) is 5.60 Å². The summed E-state index contributed by atoms with van der Waals surface area (Å²) in [6.45, 7) is 5.94. The lowest BCUT2D eigenvalue weighted by Gasteiger charge is -2.22. The predicted molar refractivity (Wildman–Crippen MR) is 54.3 cm³/mol. The molecule has 3 heteroatoms. The molecule has 0 amide bonds. The van der Waals surface area contributed by atoms with Gasteiger partial charge in [-0.2, -0.15) is 0 Å². The van der Waals surface area contributed by atoms with Crippen molar-refractivity contribution in [3.63, 3.8) is 0 Å². The summed E-state index contributed by atoms with van der Waals surface area (Å²) in [6.07, 6.45) is 3.20. The highest BCUT2D eigenvalue weighted by atomic mass is 16.5. The minimum absolute atomic E-state index is 0.0348. The van der Waals surface area contributed by atoms with Crippen LogP contribution in [0.4, 0.5) is 0 Å². The largest absolute Gasteiger partial charge is 0.368 e. The van der Waals surface area contributed by atoms with E-state index in [0.717, 1.165) is 0 Å². The zero-order chi connectivity index (χ0) is 10.6. The van der Waals surface area contributed by atoms with E-state index in [4.69, 9.17) is 4.74 Å². The molecule has 0 unspecified atom stereocenters. The van der Waals surface area contributed by atoms with Crippen LogP contribution in [0.25, 0.3) is 0 Å². The molecule has 0 fully saturated rings. The highest BCUT2D eigenvalue weighted by molar-refractivity contribution is 6.01. The van der Waals surface area contributed by atoms with E-state index in [9.17, 15) is 4.79 Å². The Hall–Kier alpha value is -1.22. The van der Waals surface area contributed by atoms with Gasteiger partial charge in [0.25, 0.3) is 0 Å². The van der Waals surface area contributed by atoms with Gasteiger partial charge in [-0.15, -0.1) is 0 Å². The van der Waals surface area contributed by atoms with Gasteiger partial charge in [-0.25, -0.2) is 0 Å². The molecule has 1 rings (SSSR count). The Morgan fingerprint density at radius 1 is 1.57 bits per heavy atom. The summed E-state index contributed by atoms with van der Waals surface area (Å²) in [7, 11) is 0. The molecule has 0 atom stereocenters. The third kappa shape index (κ3) is 2.39. The number of hydrogen-bond donors (Lipinski definition) is 0. The highest BCUT2D eigenvalue weighted by Gasteiger charge is 2.28. The van der Waals surface area contributed by atoms with E-state index in [2.05, 4.69) is 4.98 Å². The number of carbonyl (C=O) groups is 1. The van der Waals surface area contributed by atoms with Crippen LogP contribution >= 0.6 is 0 Å². The van der Waals surface area contributed by atoms with Crippen LogP contribution in [0.15, 0.2) is 24.5 Å². The van der Waals surface area contributed by atoms with E-state index in [1.807, 2.05) is 6.92 Å². The van der Waals surface area contributed by atoms with E-state index >= 15 is 0 Å². The fourth-order valence-corrected chi connectivity index (χ4v) is 1.27. The number of ketones is 1. The second-order valence-electron chi connectivity index (χ2n) is 3.51. The summed E-state index contributed by atoms with van der Waals surface area (Å²) < 4.78 is 5.37. The number of hydrogen-bond acceptors (Lipinski definition) is 3. The van der Waals surface area contributed by atoms with Crippen LogP contribution in [-0.2, 0) is 4.74 Å². The van der Waals surface area contributed by atoms with Crippen LogP contribution in [0.3, 0.4) is 0 Å². The summed E-state index contributed by atoms with van der Waals surface area (Å²) in [5.74, 6) is -0.0348. The smallest absolute Gasteiger partial charge is 0.195 e. The van der Waals surface area contributed by atoms with Gasteiger partial charge in [0.15, 0.2) is 5.78 Å². The SMILES string of the molecule is CCOC(C)(C)C(=O)c1cccnc1. The summed E-state index contributed by atoms with van der Waals surface area (Å²) in [5.41, 5.74) is -0.177. The lowest BCUT2D eigenvalue weighted by atomic mass is 9.98. The number of aromatic nitrogens is 1. The van der Waals surface area contributed by atoms with Crippen molar-refractivity contribution in [1.29, 1.82) is 0 Å². The minimum Gasteiger partial charge on any atom is -0.368 e. The summed E-state index contributed by atoms with van der Waals surface area (Å²) in [4.78, 5) is 15.8. The van der Waals surface area contributed by atoms with E-state index < -0.39 is 5.60 Å². The van der Waals surface area contributed by atoms with E-state index in [0.29, 0.717) is 12.2 Å². The average Bonchev–Trinajstić information content (AvgIpc) is 2.18. The molecular formula is C11H15NO2. The Kier molecular flexibility index (Phi) is 3.36. The number of pyridine rings is 1. The first kappa shape index (κ1) is 10.9. The molecule has 0 aliphatic carbocycles. The predicted octanol–water partition coefficient (Wildman–Crippen LogP) is 2.08. The molecule has 0 aliphatic heterocycles. The second-order valence-corrected chi connectivity index (χ2v) is 3.51. The topological polar surface area (TPSA) is 39.2 Å². The number of rotatable bonds is 4. The molecule has 0 radical (unpaired) electrons. The van der Waals surface area contributed by atoms with Crippen molar-refractivity contribution in [2.75, 3.05) is 6.61 Å². The van der Waals surface area contributed by atoms with Crippen LogP contribution in [0, 0.1) is 0 Å². The Morgan fingerprint density at radius 3 is 2.79 bits per heavy atom. The first-order valence-corrected chi connectivity index (χ1v) is 4.66. The van der Waals surface area contributed by atoms with E-state index in [1.54, 1.807) is 38.4 Å². The normalized spacial score (nSPS) is 11.4. The second kappa shape index (κ2) is 4.33. The fourth-order valence-electron chi connectivity index (χ4n) is 1.27. The zero-order valence-corrected chi connectivity index (χ0v) is 8.78. The van der Waals surface area contributed by atoms with Crippen molar-refractivity contribution in [2.45, 2.75) is 26.4 Å². The Morgan fingerprint density at radius 2 is 2.29 bits per heavy atom. The van der Waals surface area contributed by atoms with Gasteiger partial charge < -0.3 is 4.74 Å². The van der Waals surface area contributed by atoms with Crippen LogP contribution in [0.5, 0.6) is 0 Å². The molecule has 0 saturated heterocycles. The number of ether oxygens (including phenoxy) is 1. The minimum atomic E-state index is -0.766. The van der Waals surface area contributed by atoms with Crippen LogP contribution < -0.4 is 0 Å². The van der Waals surface area contributed by atoms with Crippen LogP contribution in [0.1, 0.15) is 31.1 Å². The molecule has 1 aromatic heterocycles. The lowest BCUT2D eigenvalue weighted by Crippen LogP contribution is -2.35. The van der Waals surface area contributed by atoms with E-state index in [1.165, 1.54) is 0 Å². The maximum absolute atomic E-state index is 11.9. The maximum atomic E-state index is 11.9. The van der Waals surface area contributed by atoms with Gasteiger partial charge in [-0.05, 0) is 32.9 Å². The molecule has 0 N–H and O–H groups in total. The number of Topliss-reactive ketones (excluding diaryl/α,β-unsaturated/α-hetero) is 1. The van der Waals surface area contributed by atoms with Crippen LogP contribution in [-0.4, -0.2) is 23.0 Å². The molecule has 1 heterocycles. The fraction of sp³-hybridized carbons (Fsp3) is 0.455. The Bertz CT molecular complexity index is 306. The van der Waals surface area contributed by atoms with Crippen molar-refractivity contribution in [2.24, 2.45) is 0 Å². The third-order valence-electron chi connectivity index (χ3n) is 1.98. The lowest BCUT2D eigenvalue weighted by molar-refractivity contribution is 0.00123. The molecule has 76 valence electrons. The first-order valence-electron chi connectivity index (χ1n) is 4.66. The quantitative estimate of drug-likeness (QED) is 0.687. The highest BCUT2D eigenvalue weighted by Crippen LogP contribution is 2.16. The third-order valence-corrected chi connectivity index (χ3v) is 1.98. The molecule has 0 saturated carbocycles. The van der Waals surface area contributed by atoms with Gasteiger partial charge in [-0.3, -0.25) is 9.78 Å². The van der Waals surface area contributed by atoms with Gasteiger partial charge in [0.2, 0.25) is 0 Å². The van der Waals surface area contributed by atoms with Crippen molar-refractivity contribution < 1.29 is 9.53 Å². The van der Waals surface area contributed by atoms with Gasteiger partial charge >= 0.3 is 0 Å². The Labute approximate surface area is 84.1 Å². The molecule has 0 aliphatic rings. The Balaban J connectivity index is 2.85. The average molecular weight is 193 g/mol. The van der Waals surface area contributed by atoms with Crippen molar-refractivity contribution >= 4 is 5.78 Å². The number of nitrogens with zero attached hydrogens (tertiary/aromatic N) is 1. The molecule has 1 aromatic rings. The van der Waals surface area contributed by atoms with Gasteiger partial charge in [-0.1, -0.05) is 0 Å². The molecule has 14 heavy (non-hydrogen) atoms.